The van der Waals surface area contributed by atoms with Crippen LogP contribution in [0.5, 0.6) is 0 Å². The van der Waals surface area contributed by atoms with Gasteiger partial charge >= 0.3 is 5.97 Å². The molecule has 0 amide bonds. The standard InChI is InChI=1S/C16H20N2O4/c1-9(2)15-13-7-11(10(3)22-4)5-6-12(13)16(21)18(17-15)8-14(19)20/h5-7,9-10H,8H2,1-4H3,(H,19,20). The molecule has 0 saturated heterocycles. The number of aliphatic carboxylic acids is 1. The number of aromatic nitrogens is 2. The third kappa shape index (κ3) is 3.01. The minimum atomic E-state index is -1.09. The molecule has 22 heavy (non-hydrogen) atoms. The number of carbonyl (C=O) groups is 1. The molecule has 1 aromatic heterocycles. The van der Waals surface area contributed by atoms with Gasteiger partial charge in [0.1, 0.15) is 6.54 Å². The summed E-state index contributed by atoms with van der Waals surface area (Å²) in [5, 5.41) is 14.4. The van der Waals surface area contributed by atoms with Gasteiger partial charge in [0.25, 0.3) is 5.56 Å². The second kappa shape index (κ2) is 6.27. The Bertz CT molecular complexity index is 765. The average Bonchev–Trinajstić information content (AvgIpc) is 2.48. The van der Waals surface area contributed by atoms with Crippen molar-refractivity contribution < 1.29 is 14.6 Å². The first-order valence-electron chi connectivity index (χ1n) is 7.14. The van der Waals surface area contributed by atoms with E-state index in [1.54, 1.807) is 13.2 Å². The summed E-state index contributed by atoms with van der Waals surface area (Å²) in [5.41, 5.74) is 1.27. The van der Waals surface area contributed by atoms with Gasteiger partial charge in [-0.1, -0.05) is 19.9 Å². The summed E-state index contributed by atoms with van der Waals surface area (Å²) in [6.45, 7) is 5.41. The van der Waals surface area contributed by atoms with Gasteiger partial charge < -0.3 is 9.84 Å². The molecule has 2 rings (SSSR count). The van der Waals surface area contributed by atoms with E-state index >= 15 is 0 Å². The lowest BCUT2D eigenvalue weighted by atomic mass is 9.99. The van der Waals surface area contributed by atoms with Gasteiger partial charge in [0.2, 0.25) is 0 Å². The van der Waals surface area contributed by atoms with Crippen molar-refractivity contribution in [3.8, 4) is 0 Å². The van der Waals surface area contributed by atoms with Crippen LogP contribution in [0, 0.1) is 0 Å². The first-order valence-corrected chi connectivity index (χ1v) is 7.14. The summed E-state index contributed by atoms with van der Waals surface area (Å²) in [7, 11) is 1.63. The second-order valence-electron chi connectivity index (χ2n) is 5.58. The normalized spacial score (nSPS) is 12.8. The Kier molecular flexibility index (Phi) is 4.61. The van der Waals surface area contributed by atoms with Gasteiger partial charge in [-0.15, -0.1) is 0 Å². The number of ether oxygens (including phenoxy) is 1. The third-order valence-corrected chi connectivity index (χ3v) is 3.67. The minimum absolute atomic E-state index is 0.0660. The van der Waals surface area contributed by atoms with E-state index in [0.29, 0.717) is 11.1 Å². The molecule has 1 unspecified atom stereocenters. The fraction of sp³-hybridized carbons (Fsp3) is 0.438. The smallest absolute Gasteiger partial charge is 0.325 e. The van der Waals surface area contributed by atoms with E-state index in [2.05, 4.69) is 5.10 Å². The maximum Gasteiger partial charge on any atom is 0.325 e. The predicted molar refractivity (Wildman–Crippen MR) is 83.2 cm³/mol. The van der Waals surface area contributed by atoms with Crippen molar-refractivity contribution in [2.75, 3.05) is 7.11 Å². The molecule has 1 aromatic carbocycles. The molecule has 0 aliphatic heterocycles. The van der Waals surface area contributed by atoms with Crippen molar-refractivity contribution in [3.63, 3.8) is 0 Å². The Hall–Kier alpha value is -2.21. The molecule has 0 bridgehead atoms. The van der Waals surface area contributed by atoms with E-state index in [0.717, 1.165) is 15.6 Å². The molecule has 2 aromatic rings. The Balaban J connectivity index is 2.75. The number of carboxylic acid groups (broad SMARTS) is 1. The number of carboxylic acids is 1. The monoisotopic (exact) mass is 304 g/mol. The number of fused-ring (bicyclic) bond motifs is 1. The highest BCUT2D eigenvalue weighted by Gasteiger charge is 2.16. The zero-order valence-corrected chi connectivity index (χ0v) is 13.2. The van der Waals surface area contributed by atoms with Gasteiger partial charge in [0.15, 0.2) is 0 Å². The number of benzene rings is 1. The quantitative estimate of drug-likeness (QED) is 0.916. The molecule has 0 spiro atoms. The summed E-state index contributed by atoms with van der Waals surface area (Å²) in [5.74, 6) is -1.02. The maximum absolute atomic E-state index is 12.4. The highest BCUT2D eigenvalue weighted by atomic mass is 16.5. The number of nitrogens with zero attached hydrogens (tertiary/aromatic N) is 2. The van der Waals surface area contributed by atoms with Crippen LogP contribution in [0.4, 0.5) is 0 Å². The molecule has 118 valence electrons. The second-order valence-corrected chi connectivity index (χ2v) is 5.58. The van der Waals surface area contributed by atoms with Crippen LogP contribution >= 0.6 is 0 Å². The van der Waals surface area contributed by atoms with Crippen LogP contribution in [0.25, 0.3) is 10.8 Å². The van der Waals surface area contributed by atoms with E-state index in [4.69, 9.17) is 9.84 Å². The van der Waals surface area contributed by atoms with E-state index in [1.165, 1.54) is 0 Å². The SMILES string of the molecule is COC(C)c1ccc2c(=O)n(CC(=O)O)nc(C(C)C)c2c1. The van der Waals surface area contributed by atoms with Gasteiger partial charge in [0, 0.05) is 12.5 Å². The Morgan fingerprint density at radius 1 is 1.32 bits per heavy atom. The molecule has 6 heteroatoms. The maximum atomic E-state index is 12.4. The predicted octanol–water partition coefficient (Wildman–Crippen LogP) is 2.31. The fourth-order valence-electron chi connectivity index (χ4n) is 2.38. The summed E-state index contributed by atoms with van der Waals surface area (Å²) in [4.78, 5) is 23.3. The van der Waals surface area contributed by atoms with Gasteiger partial charge in [-0.3, -0.25) is 9.59 Å². The first-order chi connectivity index (χ1) is 10.3. The Morgan fingerprint density at radius 2 is 2.00 bits per heavy atom. The summed E-state index contributed by atoms with van der Waals surface area (Å²) < 4.78 is 6.32. The highest BCUT2D eigenvalue weighted by molar-refractivity contribution is 5.85. The van der Waals surface area contributed by atoms with Gasteiger partial charge in [0.05, 0.1) is 17.2 Å². The molecule has 0 fully saturated rings. The van der Waals surface area contributed by atoms with Crippen LogP contribution in [0.2, 0.25) is 0 Å². The molecule has 0 radical (unpaired) electrons. The summed E-state index contributed by atoms with van der Waals surface area (Å²) in [6, 6.07) is 5.44. The van der Waals surface area contributed by atoms with Crippen molar-refractivity contribution in [3.05, 3.63) is 39.8 Å². The van der Waals surface area contributed by atoms with Crippen LogP contribution in [0.3, 0.4) is 0 Å². The Labute approximate surface area is 128 Å². The van der Waals surface area contributed by atoms with E-state index in [9.17, 15) is 9.59 Å². The Morgan fingerprint density at radius 3 is 2.55 bits per heavy atom. The van der Waals surface area contributed by atoms with E-state index in [-0.39, 0.29) is 12.0 Å². The van der Waals surface area contributed by atoms with Crippen molar-refractivity contribution in [1.82, 2.24) is 9.78 Å². The van der Waals surface area contributed by atoms with Crippen molar-refractivity contribution in [1.29, 1.82) is 0 Å². The molecule has 1 heterocycles. The highest BCUT2D eigenvalue weighted by Crippen LogP contribution is 2.25. The summed E-state index contributed by atoms with van der Waals surface area (Å²) >= 11 is 0. The topological polar surface area (TPSA) is 81.4 Å². The van der Waals surface area contributed by atoms with Crippen LogP contribution in [-0.4, -0.2) is 28.0 Å². The molecule has 0 saturated carbocycles. The molecular formula is C16H20N2O4. The molecular weight excluding hydrogens is 284 g/mol. The molecule has 6 nitrogen and oxygen atoms in total. The fourth-order valence-corrected chi connectivity index (χ4v) is 2.38. The number of hydrogen-bond donors (Lipinski definition) is 1. The lowest BCUT2D eigenvalue weighted by Crippen LogP contribution is -2.28. The zero-order chi connectivity index (χ0) is 16.4. The number of methoxy groups -OCH3 is 1. The largest absolute Gasteiger partial charge is 0.480 e. The lowest BCUT2D eigenvalue weighted by molar-refractivity contribution is -0.138. The van der Waals surface area contributed by atoms with Gasteiger partial charge in [-0.05, 0) is 30.5 Å². The van der Waals surface area contributed by atoms with Crippen molar-refractivity contribution in [2.24, 2.45) is 0 Å². The third-order valence-electron chi connectivity index (χ3n) is 3.67. The van der Waals surface area contributed by atoms with E-state index in [1.807, 2.05) is 32.9 Å². The molecule has 0 aliphatic carbocycles. The molecule has 1 atom stereocenters. The van der Waals surface area contributed by atoms with E-state index < -0.39 is 18.1 Å². The first kappa shape index (κ1) is 16.2. The van der Waals surface area contributed by atoms with Crippen LogP contribution in [0.1, 0.15) is 44.1 Å². The molecule has 0 aliphatic rings. The van der Waals surface area contributed by atoms with Gasteiger partial charge in [-0.2, -0.15) is 5.10 Å². The van der Waals surface area contributed by atoms with Gasteiger partial charge in [-0.25, -0.2) is 4.68 Å². The summed E-state index contributed by atoms with van der Waals surface area (Å²) in [6.07, 6.45) is -0.0918. The zero-order valence-electron chi connectivity index (χ0n) is 13.2. The molecule has 1 N–H and O–H groups in total. The van der Waals surface area contributed by atoms with Crippen molar-refractivity contribution in [2.45, 2.75) is 39.3 Å². The number of hydrogen-bond acceptors (Lipinski definition) is 4. The average molecular weight is 304 g/mol. The minimum Gasteiger partial charge on any atom is -0.480 e. The number of rotatable bonds is 5. The van der Waals surface area contributed by atoms with Crippen LogP contribution in [-0.2, 0) is 16.1 Å². The van der Waals surface area contributed by atoms with Crippen LogP contribution < -0.4 is 5.56 Å². The van der Waals surface area contributed by atoms with Crippen molar-refractivity contribution >= 4 is 16.7 Å². The lowest BCUT2D eigenvalue weighted by Gasteiger charge is -2.15. The van der Waals surface area contributed by atoms with Crippen LogP contribution in [0.15, 0.2) is 23.0 Å².